The second-order valence-electron chi connectivity index (χ2n) is 8.15. The minimum Gasteiger partial charge on any atom is -0.846 e. The van der Waals surface area contributed by atoms with Crippen LogP contribution in [0.2, 0.25) is 0 Å². The molecule has 0 atom stereocenters. The van der Waals surface area contributed by atoms with Crippen molar-refractivity contribution in [2.24, 2.45) is 4.99 Å². The van der Waals surface area contributed by atoms with Crippen LogP contribution >= 0.6 is 0 Å². The van der Waals surface area contributed by atoms with Gasteiger partial charge in [0.05, 0.1) is 17.3 Å². The first kappa shape index (κ1) is 22.5. The smallest absolute Gasteiger partial charge is 0.416 e. The number of anilines is 1. The van der Waals surface area contributed by atoms with Crippen molar-refractivity contribution in [1.29, 1.82) is 0 Å². The highest BCUT2D eigenvalue weighted by Gasteiger charge is 2.30. The van der Waals surface area contributed by atoms with Gasteiger partial charge in [0.2, 0.25) is 11.8 Å². The molecule has 0 saturated heterocycles. The fourth-order valence-corrected chi connectivity index (χ4v) is 3.64. The van der Waals surface area contributed by atoms with Gasteiger partial charge in [0.15, 0.2) is 0 Å². The standard InChI is InChI=1S/C24H19F3N6O2/c25-24(26,27)18-2-1-3-19(10-18)30-23(34)31-21-13-33(32-35-21)12-15-4-6-16(7-5-15)20-11-28-14-29-22(20)17-8-9-17/h1-7,10-11,13-14,17H,8-9,12H2,(H-,30,31,32,34). The van der Waals surface area contributed by atoms with Crippen molar-refractivity contribution in [2.45, 2.75) is 31.5 Å². The summed E-state index contributed by atoms with van der Waals surface area (Å²) >= 11 is 0. The molecule has 0 amide bonds. The third kappa shape index (κ3) is 5.45. The van der Waals surface area contributed by atoms with Gasteiger partial charge in [-0.15, -0.1) is 0 Å². The van der Waals surface area contributed by atoms with Gasteiger partial charge in [-0.1, -0.05) is 30.3 Å². The van der Waals surface area contributed by atoms with Crippen LogP contribution in [-0.2, 0) is 12.7 Å². The quantitative estimate of drug-likeness (QED) is 0.256. The number of alkyl halides is 3. The number of amidine groups is 1. The maximum atomic E-state index is 12.8. The highest BCUT2D eigenvalue weighted by Crippen LogP contribution is 2.42. The molecule has 5 rings (SSSR count). The van der Waals surface area contributed by atoms with Gasteiger partial charge in [0.25, 0.3) is 6.20 Å². The van der Waals surface area contributed by atoms with Gasteiger partial charge in [-0.05, 0) is 41.3 Å². The van der Waals surface area contributed by atoms with Crippen LogP contribution in [0.25, 0.3) is 11.1 Å². The number of hydrogen-bond donors (Lipinski definition) is 1. The van der Waals surface area contributed by atoms with E-state index in [1.807, 2.05) is 30.5 Å². The summed E-state index contributed by atoms with van der Waals surface area (Å²) in [6.07, 6.45) is 2.62. The Bertz CT molecular complexity index is 1360. The molecule has 2 aromatic carbocycles. The fraction of sp³-hybridized carbons (Fsp3) is 0.208. The van der Waals surface area contributed by atoms with Crippen molar-refractivity contribution in [3.05, 3.63) is 84.1 Å². The van der Waals surface area contributed by atoms with Gasteiger partial charge in [-0.25, -0.2) is 15.0 Å². The van der Waals surface area contributed by atoms with Crippen molar-refractivity contribution >= 4 is 17.6 Å². The van der Waals surface area contributed by atoms with Gasteiger partial charge < -0.3 is 10.4 Å². The van der Waals surface area contributed by atoms with Gasteiger partial charge in [-0.2, -0.15) is 13.2 Å². The number of aliphatic imine (C=N–C) groups is 1. The summed E-state index contributed by atoms with van der Waals surface area (Å²) in [6.45, 7) is 0.370. The monoisotopic (exact) mass is 480 g/mol. The molecule has 0 spiro atoms. The lowest BCUT2D eigenvalue weighted by Gasteiger charge is -2.14. The minimum atomic E-state index is -4.51. The zero-order valence-electron chi connectivity index (χ0n) is 18.2. The van der Waals surface area contributed by atoms with Crippen LogP contribution in [0, 0.1) is 0 Å². The first-order valence-corrected chi connectivity index (χ1v) is 10.8. The molecule has 35 heavy (non-hydrogen) atoms. The molecule has 2 heterocycles. The van der Waals surface area contributed by atoms with Gasteiger partial charge >= 0.3 is 12.1 Å². The second kappa shape index (κ2) is 9.16. The van der Waals surface area contributed by atoms with Crippen LogP contribution in [0.3, 0.4) is 0 Å². The Morgan fingerprint density at radius 1 is 1.17 bits per heavy atom. The molecule has 4 aromatic rings. The number of hydrogen-bond acceptors (Lipinski definition) is 6. The van der Waals surface area contributed by atoms with Crippen LogP contribution in [0.4, 0.5) is 24.7 Å². The second-order valence-corrected chi connectivity index (χ2v) is 8.15. The molecule has 178 valence electrons. The molecule has 1 aliphatic carbocycles. The third-order valence-corrected chi connectivity index (χ3v) is 5.47. The van der Waals surface area contributed by atoms with E-state index in [1.165, 1.54) is 23.0 Å². The van der Waals surface area contributed by atoms with Gasteiger partial charge in [-0.3, -0.25) is 4.52 Å². The van der Waals surface area contributed by atoms with E-state index in [-0.39, 0.29) is 11.6 Å². The van der Waals surface area contributed by atoms with Crippen molar-refractivity contribution in [1.82, 2.24) is 15.2 Å². The van der Waals surface area contributed by atoms with E-state index in [0.717, 1.165) is 47.4 Å². The van der Waals surface area contributed by atoms with Crippen molar-refractivity contribution in [3.63, 3.8) is 0 Å². The molecular formula is C24H19F3N6O2. The summed E-state index contributed by atoms with van der Waals surface area (Å²) in [5.74, 6) is 0.424. The topological polar surface area (TPSA) is 103 Å². The minimum absolute atomic E-state index is 0.0327. The summed E-state index contributed by atoms with van der Waals surface area (Å²) in [6, 6.07) is 11.3. The largest absolute Gasteiger partial charge is 0.846 e. The number of nitrogens with zero attached hydrogens (tertiary/aromatic N) is 5. The molecule has 0 bridgehead atoms. The van der Waals surface area contributed by atoms with E-state index in [0.29, 0.717) is 12.5 Å². The summed E-state index contributed by atoms with van der Waals surface area (Å²) in [4.78, 5) is 12.3. The summed E-state index contributed by atoms with van der Waals surface area (Å²) < 4.78 is 45.0. The predicted molar refractivity (Wildman–Crippen MR) is 117 cm³/mol. The average molecular weight is 480 g/mol. The first-order valence-electron chi connectivity index (χ1n) is 10.8. The van der Waals surface area contributed by atoms with Crippen LogP contribution in [0.5, 0.6) is 0 Å². The van der Waals surface area contributed by atoms with Crippen LogP contribution in [0.15, 0.2) is 76.8 Å². The molecule has 0 aliphatic heterocycles. The van der Waals surface area contributed by atoms with E-state index in [4.69, 9.17) is 4.52 Å². The molecule has 1 N–H and O–H groups in total. The van der Waals surface area contributed by atoms with Crippen LogP contribution in [-0.4, -0.2) is 21.3 Å². The van der Waals surface area contributed by atoms with E-state index in [2.05, 4.69) is 25.5 Å². The number of benzene rings is 2. The average Bonchev–Trinajstić information content (AvgIpc) is 3.60. The maximum absolute atomic E-state index is 12.8. The zero-order chi connectivity index (χ0) is 24.4. The SMILES string of the molecule is [O-]C(=Nc1c[n+](Cc2ccc(-c3cncnc3C3CC3)cc2)no1)Nc1cccc(C(F)(F)F)c1. The van der Waals surface area contributed by atoms with Crippen molar-refractivity contribution in [2.75, 3.05) is 5.32 Å². The van der Waals surface area contributed by atoms with Crippen molar-refractivity contribution in [3.8, 4) is 11.1 Å². The fourth-order valence-electron chi connectivity index (χ4n) is 3.64. The summed E-state index contributed by atoms with van der Waals surface area (Å²) in [5, 5.41) is 18.2. The summed E-state index contributed by atoms with van der Waals surface area (Å²) in [5.41, 5.74) is 3.18. The molecule has 11 heteroatoms. The van der Waals surface area contributed by atoms with E-state index < -0.39 is 17.8 Å². The molecule has 2 aromatic heterocycles. The number of rotatable bonds is 6. The lowest BCUT2D eigenvalue weighted by Crippen LogP contribution is -2.35. The molecule has 8 nitrogen and oxygen atoms in total. The maximum Gasteiger partial charge on any atom is 0.416 e. The number of halogens is 3. The molecule has 1 fully saturated rings. The Morgan fingerprint density at radius 3 is 2.71 bits per heavy atom. The Morgan fingerprint density at radius 2 is 1.97 bits per heavy atom. The van der Waals surface area contributed by atoms with E-state index in [9.17, 15) is 18.3 Å². The van der Waals surface area contributed by atoms with Crippen molar-refractivity contribution < 1.29 is 27.5 Å². The Labute approximate surface area is 197 Å². The summed E-state index contributed by atoms with van der Waals surface area (Å²) in [7, 11) is 0. The number of aromatic nitrogens is 4. The highest BCUT2D eigenvalue weighted by molar-refractivity contribution is 5.87. The highest BCUT2D eigenvalue weighted by atomic mass is 19.4. The van der Waals surface area contributed by atoms with Gasteiger partial charge in [0, 0.05) is 28.9 Å². The normalized spacial score (nSPS) is 14.2. The first-order chi connectivity index (χ1) is 16.8. The molecule has 1 saturated carbocycles. The number of nitrogens with one attached hydrogen (secondary N) is 1. The molecular weight excluding hydrogens is 461 g/mol. The third-order valence-electron chi connectivity index (χ3n) is 5.47. The van der Waals surface area contributed by atoms with Gasteiger partial charge in [0.1, 0.15) is 6.33 Å². The predicted octanol–water partition coefficient (Wildman–Crippen LogP) is 3.82. The lowest BCUT2D eigenvalue weighted by atomic mass is 10.0. The lowest BCUT2D eigenvalue weighted by molar-refractivity contribution is -0.754. The Kier molecular flexibility index (Phi) is 5.89. The Balaban J connectivity index is 1.24. The van der Waals surface area contributed by atoms with Crippen LogP contribution < -0.4 is 15.1 Å². The van der Waals surface area contributed by atoms with E-state index in [1.54, 1.807) is 6.33 Å². The van der Waals surface area contributed by atoms with Crippen LogP contribution in [0.1, 0.15) is 35.6 Å². The molecule has 0 unspecified atom stereocenters. The molecule has 1 aliphatic rings. The zero-order valence-corrected chi connectivity index (χ0v) is 18.2. The molecule has 0 radical (unpaired) electrons. The van der Waals surface area contributed by atoms with E-state index >= 15 is 0 Å². The Hall–Kier alpha value is -4.28.